The van der Waals surface area contributed by atoms with Crippen LogP contribution < -0.4 is 25.6 Å². The number of hydrogen-bond acceptors (Lipinski definition) is 4. The Hall–Kier alpha value is -3.06. The Kier molecular flexibility index (Phi) is 6.95. The van der Waals surface area contributed by atoms with Gasteiger partial charge < -0.3 is 25.6 Å². The highest BCUT2D eigenvalue weighted by molar-refractivity contribution is 7.80. The van der Waals surface area contributed by atoms with Crippen LogP contribution in [0.3, 0.4) is 0 Å². The summed E-state index contributed by atoms with van der Waals surface area (Å²) in [5.41, 5.74) is 4.06. The predicted molar refractivity (Wildman–Crippen MR) is 126 cm³/mol. The normalized spacial score (nSPS) is 15.9. The number of nitrogens with one attached hydrogen (secondary N) is 3. The van der Waals surface area contributed by atoms with Crippen molar-refractivity contribution in [3.05, 3.63) is 65.4 Å². The van der Waals surface area contributed by atoms with Crippen molar-refractivity contribution in [3.8, 4) is 5.75 Å². The fourth-order valence-electron chi connectivity index (χ4n) is 3.65. The van der Waals surface area contributed by atoms with Crippen molar-refractivity contribution < 1.29 is 9.53 Å². The van der Waals surface area contributed by atoms with Crippen LogP contribution in [0.5, 0.6) is 5.75 Å². The van der Waals surface area contributed by atoms with Gasteiger partial charge in [0, 0.05) is 24.5 Å². The molecule has 1 aliphatic rings. The number of methoxy groups -OCH3 is 1. The van der Waals surface area contributed by atoms with Crippen LogP contribution in [0.15, 0.2) is 59.8 Å². The molecule has 1 aliphatic heterocycles. The Bertz CT molecular complexity index is 952. The molecule has 30 heavy (non-hydrogen) atoms. The maximum absolute atomic E-state index is 13.2. The zero-order valence-corrected chi connectivity index (χ0v) is 18.6. The third kappa shape index (κ3) is 4.57. The zero-order valence-electron chi connectivity index (χ0n) is 17.8. The van der Waals surface area contributed by atoms with Crippen molar-refractivity contribution in [3.63, 3.8) is 0 Å². The molecule has 7 heteroatoms. The molecule has 0 radical (unpaired) electrons. The Morgan fingerprint density at radius 2 is 1.80 bits per heavy atom. The first-order chi connectivity index (χ1) is 14.5. The topological polar surface area (TPSA) is 65.6 Å². The molecular weight excluding hydrogens is 396 g/mol. The monoisotopic (exact) mass is 424 g/mol. The predicted octanol–water partition coefficient (Wildman–Crippen LogP) is 3.97. The van der Waals surface area contributed by atoms with E-state index in [4.69, 9.17) is 17.0 Å². The van der Waals surface area contributed by atoms with Crippen LogP contribution in [0.2, 0.25) is 0 Å². The van der Waals surface area contributed by atoms with Gasteiger partial charge in [-0.15, -0.1) is 0 Å². The van der Waals surface area contributed by atoms with Crippen LogP contribution in [0.4, 0.5) is 11.4 Å². The van der Waals surface area contributed by atoms with E-state index in [1.807, 2.05) is 43.3 Å². The highest BCUT2D eigenvalue weighted by atomic mass is 32.1. The van der Waals surface area contributed by atoms with E-state index in [1.54, 1.807) is 7.11 Å². The van der Waals surface area contributed by atoms with Gasteiger partial charge in [0.25, 0.3) is 5.91 Å². The number of benzene rings is 2. The highest BCUT2D eigenvalue weighted by Gasteiger charge is 2.30. The average Bonchev–Trinajstić information content (AvgIpc) is 2.75. The van der Waals surface area contributed by atoms with Gasteiger partial charge in [-0.1, -0.05) is 24.3 Å². The fraction of sp³-hybridized carbons (Fsp3) is 0.304. The van der Waals surface area contributed by atoms with Crippen LogP contribution in [-0.4, -0.2) is 31.2 Å². The van der Waals surface area contributed by atoms with Crippen molar-refractivity contribution in [1.29, 1.82) is 0 Å². The van der Waals surface area contributed by atoms with Gasteiger partial charge in [0.15, 0.2) is 5.11 Å². The maximum Gasteiger partial charge on any atom is 0.255 e. The lowest BCUT2D eigenvalue weighted by Crippen LogP contribution is -2.45. The number of para-hydroxylation sites is 2. The quantitative estimate of drug-likeness (QED) is 0.585. The van der Waals surface area contributed by atoms with Crippen LogP contribution in [0.25, 0.3) is 0 Å². The first-order valence-electron chi connectivity index (χ1n) is 10.1. The van der Waals surface area contributed by atoms with Gasteiger partial charge in [-0.25, -0.2) is 0 Å². The summed E-state index contributed by atoms with van der Waals surface area (Å²) in [5.74, 6) is 0.397. The van der Waals surface area contributed by atoms with Gasteiger partial charge in [-0.05, 0) is 62.8 Å². The molecule has 0 spiro atoms. The molecule has 2 aromatic carbocycles. The summed E-state index contributed by atoms with van der Waals surface area (Å²) >= 11 is 5.36. The lowest BCUT2D eigenvalue weighted by molar-refractivity contribution is -0.113. The number of carbonyl (C=O) groups excluding carboxylic acids is 1. The number of amides is 1. The van der Waals surface area contributed by atoms with Gasteiger partial charge in [0.05, 0.1) is 24.4 Å². The van der Waals surface area contributed by atoms with Crippen LogP contribution in [0.1, 0.15) is 32.4 Å². The minimum atomic E-state index is -0.348. The summed E-state index contributed by atoms with van der Waals surface area (Å²) in [7, 11) is 1.58. The van der Waals surface area contributed by atoms with E-state index < -0.39 is 0 Å². The fourth-order valence-corrected chi connectivity index (χ4v) is 3.92. The van der Waals surface area contributed by atoms with Crippen molar-refractivity contribution in [2.24, 2.45) is 0 Å². The maximum atomic E-state index is 13.2. The average molecular weight is 425 g/mol. The van der Waals surface area contributed by atoms with Gasteiger partial charge in [0.2, 0.25) is 0 Å². The molecule has 0 bridgehead atoms. The van der Waals surface area contributed by atoms with E-state index in [-0.39, 0.29) is 11.9 Å². The summed E-state index contributed by atoms with van der Waals surface area (Å²) < 4.78 is 5.36. The van der Waals surface area contributed by atoms with Gasteiger partial charge in [-0.3, -0.25) is 4.79 Å². The number of thiocarbonyl (C=S) groups is 1. The van der Waals surface area contributed by atoms with E-state index in [0.717, 1.165) is 30.0 Å². The number of nitrogens with zero attached hydrogens (tertiary/aromatic N) is 1. The van der Waals surface area contributed by atoms with Crippen molar-refractivity contribution >= 4 is 34.6 Å². The molecule has 6 nitrogen and oxygen atoms in total. The third-order valence-corrected chi connectivity index (χ3v) is 5.44. The second kappa shape index (κ2) is 9.63. The number of carbonyl (C=O) groups is 1. The summed E-state index contributed by atoms with van der Waals surface area (Å²) in [5, 5.41) is 9.78. The molecule has 0 unspecified atom stereocenters. The second-order valence-corrected chi connectivity index (χ2v) is 7.40. The molecular formula is C23H28N4O2S. The molecule has 0 aromatic heterocycles. The molecule has 1 heterocycles. The summed E-state index contributed by atoms with van der Waals surface area (Å²) in [6.45, 7) is 8.02. The lowest BCUT2D eigenvalue weighted by Gasteiger charge is -2.31. The Balaban J connectivity index is 1.92. The summed E-state index contributed by atoms with van der Waals surface area (Å²) in [6.07, 6.45) is 0. The van der Waals surface area contributed by atoms with Gasteiger partial charge >= 0.3 is 0 Å². The number of rotatable bonds is 7. The largest absolute Gasteiger partial charge is 0.495 e. The molecule has 1 atom stereocenters. The van der Waals surface area contributed by atoms with Crippen molar-refractivity contribution in [2.45, 2.75) is 26.8 Å². The Morgan fingerprint density at radius 3 is 2.43 bits per heavy atom. The molecule has 158 valence electrons. The minimum absolute atomic E-state index is 0.211. The number of allylic oxidation sites excluding steroid dienone is 1. The number of ether oxygens (including phenoxy) is 1. The van der Waals surface area contributed by atoms with Crippen molar-refractivity contribution in [1.82, 2.24) is 10.6 Å². The Labute approximate surface area is 183 Å². The van der Waals surface area contributed by atoms with E-state index in [2.05, 4.69) is 46.8 Å². The standard InChI is InChI=1S/C23H28N4O2S/c1-5-27(6-2)17-13-11-16(12-14-17)21-20(15(3)24-23(30)26-21)22(28)25-18-9-7-8-10-19(18)29-4/h7-14,21H,5-6H2,1-4H3,(H,25,28)(H2,24,26,30)/t21-/m0/s1. The van der Waals surface area contributed by atoms with E-state index in [9.17, 15) is 4.79 Å². The molecule has 0 saturated carbocycles. The zero-order chi connectivity index (χ0) is 21.7. The lowest BCUT2D eigenvalue weighted by atomic mass is 9.94. The van der Waals surface area contributed by atoms with E-state index >= 15 is 0 Å². The van der Waals surface area contributed by atoms with Crippen LogP contribution >= 0.6 is 12.2 Å². The summed E-state index contributed by atoms with van der Waals surface area (Å²) in [6, 6.07) is 15.3. The van der Waals surface area contributed by atoms with Crippen LogP contribution in [-0.2, 0) is 4.79 Å². The van der Waals surface area contributed by atoms with Crippen LogP contribution in [0, 0.1) is 0 Å². The first-order valence-corrected chi connectivity index (χ1v) is 10.5. The number of hydrogen-bond donors (Lipinski definition) is 3. The smallest absolute Gasteiger partial charge is 0.255 e. The SMILES string of the molecule is CCN(CC)c1ccc([C@@H]2NC(=S)NC(C)=C2C(=O)Nc2ccccc2OC)cc1. The Morgan fingerprint density at radius 1 is 1.13 bits per heavy atom. The summed E-state index contributed by atoms with van der Waals surface area (Å²) in [4.78, 5) is 15.5. The van der Waals surface area contributed by atoms with E-state index in [0.29, 0.717) is 22.1 Å². The van der Waals surface area contributed by atoms with Crippen molar-refractivity contribution in [2.75, 3.05) is 30.4 Å². The molecule has 3 N–H and O–H groups in total. The highest BCUT2D eigenvalue weighted by Crippen LogP contribution is 2.31. The third-order valence-electron chi connectivity index (χ3n) is 5.22. The molecule has 3 rings (SSSR count). The van der Waals surface area contributed by atoms with E-state index in [1.165, 1.54) is 0 Å². The second-order valence-electron chi connectivity index (χ2n) is 6.99. The molecule has 0 aliphatic carbocycles. The first kappa shape index (κ1) is 21.6. The van der Waals surface area contributed by atoms with Gasteiger partial charge in [-0.2, -0.15) is 0 Å². The minimum Gasteiger partial charge on any atom is -0.495 e. The number of anilines is 2. The molecule has 0 saturated heterocycles. The van der Waals surface area contributed by atoms with Gasteiger partial charge in [0.1, 0.15) is 5.75 Å². The molecule has 1 amide bonds. The molecule has 2 aromatic rings. The molecule has 0 fully saturated rings.